The van der Waals surface area contributed by atoms with Crippen molar-refractivity contribution in [2.45, 2.75) is 26.3 Å². The lowest BCUT2D eigenvalue weighted by atomic mass is 9.90. The maximum atomic E-state index is 12.1. The summed E-state index contributed by atoms with van der Waals surface area (Å²) in [7, 11) is 0. The first-order valence-electron chi connectivity index (χ1n) is 8.56. The molecule has 6 heteroatoms. The molecule has 0 aromatic heterocycles. The van der Waals surface area contributed by atoms with Crippen molar-refractivity contribution in [3.8, 4) is 17.6 Å². The third kappa shape index (κ3) is 5.58. The Morgan fingerprint density at radius 3 is 2.22 bits per heavy atom. The van der Waals surface area contributed by atoms with Crippen molar-refractivity contribution < 1.29 is 19.1 Å². The molecule has 1 unspecified atom stereocenters. The number of nitrogens with zero attached hydrogens (tertiary/aromatic N) is 1. The smallest absolute Gasteiger partial charge is 0.338 e. The van der Waals surface area contributed by atoms with Crippen LogP contribution in [-0.4, -0.2) is 24.0 Å². The van der Waals surface area contributed by atoms with Crippen molar-refractivity contribution in [3.63, 3.8) is 0 Å². The molecule has 2 rings (SSSR count). The highest BCUT2D eigenvalue weighted by molar-refractivity contribution is 5.91. The van der Waals surface area contributed by atoms with Crippen molar-refractivity contribution in [2.24, 2.45) is 5.92 Å². The second-order valence-corrected chi connectivity index (χ2v) is 6.53. The zero-order valence-electron chi connectivity index (χ0n) is 15.6. The molecule has 6 nitrogen and oxygen atoms in total. The number of hydrogen-bond acceptors (Lipinski definition) is 5. The van der Waals surface area contributed by atoms with Crippen LogP contribution >= 0.6 is 0 Å². The van der Waals surface area contributed by atoms with Gasteiger partial charge < -0.3 is 14.8 Å². The van der Waals surface area contributed by atoms with Gasteiger partial charge >= 0.3 is 5.97 Å². The van der Waals surface area contributed by atoms with Crippen LogP contribution in [0.2, 0.25) is 0 Å². The van der Waals surface area contributed by atoms with E-state index in [1.165, 1.54) is 0 Å². The monoisotopic (exact) mass is 366 g/mol. The number of rotatable bonds is 7. The summed E-state index contributed by atoms with van der Waals surface area (Å²) in [5, 5.41) is 11.8. The van der Waals surface area contributed by atoms with Gasteiger partial charge in [0.15, 0.2) is 6.61 Å². The van der Waals surface area contributed by atoms with Crippen molar-refractivity contribution in [2.75, 3.05) is 6.61 Å². The topological polar surface area (TPSA) is 88.4 Å². The summed E-state index contributed by atoms with van der Waals surface area (Å²) < 4.78 is 10.7. The van der Waals surface area contributed by atoms with Gasteiger partial charge in [0.2, 0.25) is 0 Å². The van der Waals surface area contributed by atoms with Crippen LogP contribution in [-0.2, 0) is 9.53 Å². The second kappa shape index (κ2) is 8.86. The average molecular weight is 366 g/mol. The summed E-state index contributed by atoms with van der Waals surface area (Å²) in [5.41, 5.74) is -0.713. The van der Waals surface area contributed by atoms with Crippen molar-refractivity contribution in [1.82, 2.24) is 5.32 Å². The molecule has 2 aromatic rings. The molecule has 0 spiro atoms. The van der Waals surface area contributed by atoms with Gasteiger partial charge in [-0.3, -0.25) is 4.79 Å². The lowest BCUT2D eigenvalue weighted by Crippen LogP contribution is -2.50. The lowest BCUT2D eigenvalue weighted by molar-refractivity contribution is -0.125. The van der Waals surface area contributed by atoms with E-state index < -0.39 is 24.0 Å². The molecule has 1 N–H and O–H groups in total. The number of para-hydroxylation sites is 1. The molecule has 0 saturated heterocycles. The number of carbonyl (C=O) groups excluding carboxylic acids is 2. The molecule has 0 aliphatic carbocycles. The van der Waals surface area contributed by atoms with Crippen LogP contribution in [0, 0.1) is 17.2 Å². The van der Waals surface area contributed by atoms with E-state index in [1.54, 1.807) is 31.2 Å². The Kier molecular flexibility index (Phi) is 6.56. The van der Waals surface area contributed by atoms with E-state index in [4.69, 9.17) is 9.47 Å². The molecule has 1 amide bonds. The Morgan fingerprint density at radius 2 is 1.67 bits per heavy atom. The number of ether oxygens (including phenoxy) is 2. The van der Waals surface area contributed by atoms with Crippen molar-refractivity contribution in [3.05, 3.63) is 60.2 Å². The summed E-state index contributed by atoms with van der Waals surface area (Å²) in [4.78, 5) is 24.0. The van der Waals surface area contributed by atoms with Crippen LogP contribution in [0.3, 0.4) is 0 Å². The molecule has 0 fully saturated rings. The quantitative estimate of drug-likeness (QED) is 0.755. The van der Waals surface area contributed by atoms with E-state index in [9.17, 15) is 14.9 Å². The third-order valence-corrected chi connectivity index (χ3v) is 4.19. The first-order chi connectivity index (χ1) is 12.8. The number of benzene rings is 2. The standard InChI is InChI=1S/C21H22N2O4/c1-15(2)21(3,14-22)23-19(24)13-26-20(25)16-9-11-18(12-10-16)27-17-7-5-4-6-8-17/h4-12,15H,13H2,1-3H3,(H,23,24). The summed E-state index contributed by atoms with van der Waals surface area (Å²) in [5.74, 6) is 0.0384. The molecular weight excluding hydrogens is 344 g/mol. The highest BCUT2D eigenvalue weighted by Gasteiger charge is 2.30. The van der Waals surface area contributed by atoms with Crippen LogP contribution in [0.25, 0.3) is 0 Å². The number of hydrogen-bond donors (Lipinski definition) is 1. The molecule has 140 valence electrons. The minimum Gasteiger partial charge on any atom is -0.457 e. The molecule has 0 aliphatic rings. The number of carbonyl (C=O) groups is 2. The van der Waals surface area contributed by atoms with Gasteiger partial charge in [0.05, 0.1) is 11.6 Å². The number of amides is 1. The average Bonchev–Trinajstić information content (AvgIpc) is 2.67. The fraction of sp³-hybridized carbons (Fsp3) is 0.286. The number of nitrogens with one attached hydrogen (secondary N) is 1. The highest BCUT2D eigenvalue weighted by Crippen LogP contribution is 2.21. The van der Waals surface area contributed by atoms with Gasteiger partial charge in [0, 0.05) is 0 Å². The Balaban J connectivity index is 1.89. The van der Waals surface area contributed by atoms with E-state index >= 15 is 0 Å². The van der Waals surface area contributed by atoms with Gasteiger partial charge in [-0.15, -0.1) is 0 Å². The van der Waals surface area contributed by atoms with E-state index in [0.29, 0.717) is 17.1 Å². The van der Waals surface area contributed by atoms with Crippen LogP contribution in [0.1, 0.15) is 31.1 Å². The van der Waals surface area contributed by atoms with Gasteiger partial charge in [-0.1, -0.05) is 32.0 Å². The maximum Gasteiger partial charge on any atom is 0.338 e. The Hall–Kier alpha value is -3.33. The molecule has 0 bridgehead atoms. The summed E-state index contributed by atoms with van der Waals surface area (Å²) in [6.07, 6.45) is 0. The molecule has 2 aromatic carbocycles. The zero-order chi connectivity index (χ0) is 19.9. The maximum absolute atomic E-state index is 12.1. The highest BCUT2D eigenvalue weighted by atomic mass is 16.5. The molecule has 0 aliphatic heterocycles. The zero-order valence-corrected chi connectivity index (χ0v) is 15.6. The Morgan fingerprint density at radius 1 is 1.07 bits per heavy atom. The number of esters is 1. The molecule has 1 atom stereocenters. The van der Waals surface area contributed by atoms with Crippen LogP contribution in [0.5, 0.6) is 11.5 Å². The molecule has 0 saturated carbocycles. The largest absolute Gasteiger partial charge is 0.457 e. The molecule has 27 heavy (non-hydrogen) atoms. The predicted molar refractivity (Wildman–Crippen MR) is 100 cm³/mol. The van der Waals surface area contributed by atoms with Crippen LogP contribution in [0.15, 0.2) is 54.6 Å². The number of nitriles is 1. The fourth-order valence-electron chi connectivity index (χ4n) is 2.13. The van der Waals surface area contributed by atoms with Gasteiger partial charge in [0.1, 0.15) is 17.0 Å². The normalized spacial score (nSPS) is 12.6. The second-order valence-electron chi connectivity index (χ2n) is 6.53. The molecular formula is C21H22N2O4. The third-order valence-electron chi connectivity index (χ3n) is 4.19. The van der Waals surface area contributed by atoms with Gasteiger partial charge in [-0.05, 0) is 49.2 Å². The molecule has 0 radical (unpaired) electrons. The van der Waals surface area contributed by atoms with Gasteiger partial charge in [0.25, 0.3) is 5.91 Å². The van der Waals surface area contributed by atoms with Gasteiger partial charge in [-0.25, -0.2) is 4.79 Å². The SMILES string of the molecule is CC(C)C(C)(C#N)NC(=O)COC(=O)c1ccc(Oc2ccccc2)cc1. The summed E-state index contributed by atoms with van der Waals surface area (Å²) in [6.45, 7) is 4.83. The Bertz CT molecular complexity index is 826. The van der Waals surface area contributed by atoms with E-state index in [-0.39, 0.29) is 5.92 Å². The van der Waals surface area contributed by atoms with E-state index in [0.717, 1.165) is 0 Å². The minimum absolute atomic E-state index is 0.0840. The van der Waals surface area contributed by atoms with Crippen LogP contribution in [0.4, 0.5) is 0 Å². The van der Waals surface area contributed by atoms with Crippen molar-refractivity contribution in [1.29, 1.82) is 5.26 Å². The lowest BCUT2D eigenvalue weighted by Gasteiger charge is -2.27. The summed E-state index contributed by atoms with van der Waals surface area (Å²) >= 11 is 0. The van der Waals surface area contributed by atoms with E-state index in [1.807, 2.05) is 44.2 Å². The van der Waals surface area contributed by atoms with Crippen LogP contribution < -0.4 is 10.1 Å². The van der Waals surface area contributed by atoms with Crippen molar-refractivity contribution >= 4 is 11.9 Å². The predicted octanol–water partition coefficient (Wildman–Crippen LogP) is 3.69. The molecule has 0 heterocycles. The van der Waals surface area contributed by atoms with E-state index in [2.05, 4.69) is 11.4 Å². The Labute approximate surface area is 158 Å². The van der Waals surface area contributed by atoms with Gasteiger partial charge in [-0.2, -0.15) is 5.26 Å². The summed E-state index contributed by atoms with van der Waals surface area (Å²) in [6, 6.07) is 17.8. The first kappa shape index (κ1) is 20.0. The first-order valence-corrected chi connectivity index (χ1v) is 8.56. The fourth-order valence-corrected chi connectivity index (χ4v) is 2.13. The minimum atomic E-state index is -1.01.